The van der Waals surface area contributed by atoms with Gasteiger partial charge in [0.1, 0.15) is 6.07 Å². The predicted molar refractivity (Wildman–Crippen MR) is 66.7 cm³/mol. The highest BCUT2D eigenvalue weighted by Gasteiger charge is 2.95. The van der Waals surface area contributed by atoms with Crippen molar-refractivity contribution in [3.05, 3.63) is 32.8 Å². The fourth-order valence-electron chi connectivity index (χ4n) is 1.92. The Kier molecular flexibility index (Phi) is 7.25. The SMILES string of the molecule is N#CC(F)(F)C(F)(F)C(F)(N=[N+]=[N-])C(F)(C(F)(F)F)C(F)(F)C(F)(N=[N+]=[N-])C(F)=C(F)F. The molecular weight excluding hydrogens is 503 g/mol. The van der Waals surface area contributed by atoms with Crippen molar-refractivity contribution < 1.29 is 65.9 Å². The van der Waals surface area contributed by atoms with Crippen molar-refractivity contribution in [3.8, 4) is 6.07 Å². The first-order valence-corrected chi connectivity index (χ1v) is 6.56. The summed E-state index contributed by atoms with van der Waals surface area (Å²) in [5, 5.41) is 9.19. The van der Waals surface area contributed by atoms with Crippen molar-refractivity contribution >= 4 is 0 Å². The minimum Gasteiger partial charge on any atom is -0.226 e. The second kappa shape index (κ2) is 8.05. The third-order valence-electron chi connectivity index (χ3n) is 3.47. The molecule has 0 aromatic heterocycles. The van der Waals surface area contributed by atoms with Gasteiger partial charge in [0.25, 0.3) is 0 Å². The molecule has 0 bridgehead atoms. The second-order valence-electron chi connectivity index (χ2n) is 5.19. The topological polar surface area (TPSA) is 121 Å². The summed E-state index contributed by atoms with van der Waals surface area (Å²) >= 11 is 0. The van der Waals surface area contributed by atoms with Crippen molar-refractivity contribution in [3.63, 3.8) is 0 Å². The van der Waals surface area contributed by atoms with Gasteiger partial charge in [-0.15, -0.1) is 0 Å². The molecule has 0 aromatic rings. The molecule has 0 N–H and O–H groups in total. The molecule has 0 rings (SSSR count). The highest BCUT2D eigenvalue weighted by atomic mass is 19.4. The van der Waals surface area contributed by atoms with E-state index >= 15 is 0 Å². The fraction of sp³-hybridized carbons (Fsp3) is 0.700. The molecule has 0 fully saturated rings. The maximum Gasteiger partial charge on any atom is 0.432 e. The van der Waals surface area contributed by atoms with Gasteiger partial charge in [-0.2, -0.15) is 53.6 Å². The summed E-state index contributed by atoms with van der Waals surface area (Å²) in [5.41, 5.74) is 7.34. The van der Waals surface area contributed by atoms with Crippen LogP contribution in [0.15, 0.2) is 22.1 Å². The molecule has 180 valence electrons. The number of alkyl halides is 12. The third kappa shape index (κ3) is 3.46. The molecule has 0 aromatic carbocycles. The van der Waals surface area contributed by atoms with Gasteiger partial charge < -0.3 is 0 Å². The van der Waals surface area contributed by atoms with Crippen molar-refractivity contribution in [1.29, 1.82) is 5.26 Å². The van der Waals surface area contributed by atoms with Crippen LogP contribution in [-0.4, -0.2) is 41.2 Å². The van der Waals surface area contributed by atoms with Crippen LogP contribution in [0.25, 0.3) is 20.9 Å². The Morgan fingerprint density at radius 1 is 0.719 bits per heavy atom. The van der Waals surface area contributed by atoms with Crippen molar-refractivity contribution in [1.82, 2.24) is 0 Å². The zero-order valence-electron chi connectivity index (χ0n) is 13.8. The molecule has 0 saturated carbocycles. The number of halogens is 15. The summed E-state index contributed by atoms with van der Waals surface area (Å²) in [5.74, 6) is -42.4. The zero-order valence-corrected chi connectivity index (χ0v) is 13.8. The lowest BCUT2D eigenvalue weighted by atomic mass is 9.77. The summed E-state index contributed by atoms with van der Waals surface area (Å²) in [6.45, 7) is 0. The zero-order chi connectivity index (χ0) is 26.2. The minimum atomic E-state index is -8.42. The molecule has 0 amide bonds. The number of hydrogen-bond donors (Lipinski definition) is 0. The molecule has 3 unspecified atom stereocenters. The highest BCUT2D eigenvalue weighted by Crippen LogP contribution is 2.65. The molecular formula is C10F15N7. The van der Waals surface area contributed by atoms with E-state index in [1.165, 1.54) is 0 Å². The Morgan fingerprint density at radius 3 is 1.41 bits per heavy atom. The van der Waals surface area contributed by atoms with Crippen LogP contribution in [0.4, 0.5) is 65.9 Å². The maximum atomic E-state index is 14.6. The minimum absolute atomic E-state index is 0.555. The Morgan fingerprint density at radius 2 is 1.12 bits per heavy atom. The predicted octanol–water partition coefficient (Wildman–Crippen LogP) is 6.72. The van der Waals surface area contributed by atoms with Gasteiger partial charge in [0.15, 0.2) is 0 Å². The van der Waals surface area contributed by atoms with Gasteiger partial charge in [-0.3, -0.25) is 0 Å². The van der Waals surface area contributed by atoms with Crippen molar-refractivity contribution in [2.45, 2.75) is 41.2 Å². The Hall–Kier alpha value is -3.20. The standard InChI is InChI=1S/C10F15N7/c11-2(3(12)13)5(16,29-31-27)8(20,21)6(17,10(23,24)25)9(22,30-32-28)7(18,19)4(14,15)1-26. The van der Waals surface area contributed by atoms with Crippen LogP contribution in [0.5, 0.6) is 0 Å². The van der Waals surface area contributed by atoms with Crippen LogP contribution < -0.4 is 0 Å². The van der Waals surface area contributed by atoms with Crippen LogP contribution in [0.2, 0.25) is 0 Å². The molecule has 22 heteroatoms. The number of nitrogens with zero attached hydrogens (tertiary/aromatic N) is 7. The van der Waals surface area contributed by atoms with Gasteiger partial charge in [0, 0.05) is 9.82 Å². The quantitative estimate of drug-likeness (QED) is 0.118. The van der Waals surface area contributed by atoms with Crippen molar-refractivity contribution in [2.75, 3.05) is 0 Å². The van der Waals surface area contributed by atoms with Gasteiger partial charge in [-0.05, 0) is 21.3 Å². The van der Waals surface area contributed by atoms with E-state index in [9.17, 15) is 65.9 Å². The van der Waals surface area contributed by atoms with Gasteiger partial charge in [0.05, 0.1) is 0 Å². The summed E-state index contributed by atoms with van der Waals surface area (Å²) in [6.07, 6.45) is -12.6. The second-order valence-corrected chi connectivity index (χ2v) is 5.19. The van der Waals surface area contributed by atoms with Crippen molar-refractivity contribution in [2.24, 2.45) is 10.2 Å². The Balaban J connectivity index is 8.06. The molecule has 7 nitrogen and oxygen atoms in total. The van der Waals surface area contributed by atoms with Gasteiger partial charge >= 0.3 is 47.3 Å². The monoisotopic (exact) mass is 503 g/mol. The number of hydrogen-bond acceptors (Lipinski definition) is 3. The summed E-state index contributed by atoms with van der Waals surface area (Å²) in [6, 6.07) is -0.939. The first-order valence-electron chi connectivity index (χ1n) is 6.56. The van der Waals surface area contributed by atoms with E-state index in [2.05, 4.69) is 0 Å². The summed E-state index contributed by atoms with van der Waals surface area (Å²) in [4.78, 5) is 1.54. The Bertz CT molecular complexity index is 920. The van der Waals surface area contributed by atoms with E-state index in [0.29, 0.717) is 10.0 Å². The Labute approximate surface area is 162 Å². The van der Waals surface area contributed by atoms with E-state index in [4.69, 9.17) is 16.3 Å². The average Bonchev–Trinajstić information content (AvgIpc) is 2.64. The van der Waals surface area contributed by atoms with E-state index in [1.807, 2.05) is 0 Å². The molecule has 32 heavy (non-hydrogen) atoms. The number of rotatable bonds is 8. The lowest BCUT2D eigenvalue weighted by Crippen LogP contribution is -2.78. The lowest BCUT2D eigenvalue weighted by Gasteiger charge is -2.47. The average molecular weight is 503 g/mol. The maximum absolute atomic E-state index is 14.6. The molecule has 0 aliphatic rings. The van der Waals surface area contributed by atoms with Crippen LogP contribution in [0.1, 0.15) is 0 Å². The fourth-order valence-corrected chi connectivity index (χ4v) is 1.92. The van der Waals surface area contributed by atoms with Gasteiger partial charge in [0.2, 0.25) is 5.83 Å². The third-order valence-corrected chi connectivity index (χ3v) is 3.47. The van der Waals surface area contributed by atoms with Crippen LogP contribution >= 0.6 is 0 Å². The molecule has 0 aliphatic heterocycles. The van der Waals surface area contributed by atoms with Gasteiger partial charge in [-0.25, -0.2) is 17.6 Å². The lowest BCUT2D eigenvalue weighted by molar-refractivity contribution is -0.402. The first-order chi connectivity index (χ1) is 14.0. The molecule has 0 saturated heterocycles. The smallest absolute Gasteiger partial charge is 0.226 e. The van der Waals surface area contributed by atoms with E-state index in [-0.39, 0.29) is 0 Å². The first kappa shape index (κ1) is 28.8. The molecule has 0 spiro atoms. The molecule has 0 aliphatic carbocycles. The molecule has 3 atom stereocenters. The largest absolute Gasteiger partial charge is 0.432 e. The van der Waals surface area contributed by atoms with E-state index in [0.717, 1.165) is 10.0 Å². The molecule has 0 heterocycles. The van der Waals surface area contributed by atoms with Crippen LogP contribution in [-0.2, 0) is 0 Å². The highest BCUT2D eigenvalue weighted by molar-refractivity contribution is 5.30. The number of nitriles is 1. The van der Waals surface area contributed by atoms with Crippen LogP contribution in [0.3, 0.4) is 0 Å². The van der Waals surface area contributed by atoms with Crippen LogP contribution in [0, 0.1) is 11.3 Å². The number of azide groups is 2. The van der Waals surface area contributed by atoms with E-state index in [1.54, 1.807) is 0 Å². The van der Waals surface area contributed by atoms with Gasteiger partial charge in [-0.1, -0.05) is 0 Å². The summed E-state index contributed by atoms with van der Waals surface area (Å²) in [7, 11) is 0. The normalized spacial score (nSPS) is 18.6. The summed E-state index contributed by atoms with van der Waals surface area (Å²) < 4.78 is 202. The molecule has 0 radical (unpaired) electrons. The van der Waals surface area contributed by atoms with E-state index < -0.39 is 59.2 Å².